The Bertz CT molecular complexity index is 599. The molecule has 0 N–H and O–H groups in total. The smallest absolute Gasteiger partial charge is 0.229 e. The predicted molar refractivity (Wildman–Crippen MR) is 81.0 cm³/mol. The number of anilines is 1. The van der Waals surface area contributed by atoms with Crippen LogP contribution in [0.15, 0.2) is 18.2 Å². The highest BCUT2D eigenvalue weighted by molar-refractivity contribution is 6.01. The van der Waals surface area contributed by atoms with E-state index in [0.29, 0.717) is 52.1 Å². The Morgan fingerprint density at radius 2 is 1.57 bits per heavy atom. The number of imide groups is 1. The molecule has 2 aliphatic rings. The van der Waals surface area contributed by atoms with Gasteiger partial charge in [-0.1, -0.05) is 0 Å². The molecule has 0 aromatic heterocycles. The van der Waals surface area contributed by atoms with Crippen LogP contribution >= 0.6 is 0 Å². The molecule has 0 unspecified atom stereocenters. The van der Waals surface area contributed by atoms with E-state index in [9.17, 15) is 18.4 Å². The van der Waals surface area contributed by atoms with Crippen LogP contribution in [0.3, 0.4) is 0 Å². The maximum atomic E-state index is 13.8. The van der Waals surface area contributed by atoms with Crippen LogP contribution in [0.1, 0.15) is 12.8 Å². The van der Waals surface area contributed by atoms with E-state index >= 15 is 0 Å². The van der Waals surface area contributed by atoms with Crippen LogP contribution in [-0.2, 0) is 9.59 Å². The maximum Gasteiger partial charge on any atom is 0.229 e. The Kier molecular flexibility index (Phi) is 4.56. The molecule has 5 nitrogen and oxygen atoms in total. The fourth-order valence-electron chi connectivity index (χ4n) is 3.05. The predicted octanol–water partition coefficient (Wildman–Crippen LogP) is 1.24. The first-order valence-corrected chi connectivity index (χ1v) is 7.80. The summed E-state index contributed by atoms with van der Waals surface area (Å²) in [7, 11) is 0. The lowest BCUT2D eigenvalue weighted by Crippen LogP contribution is -2.49. The fraction of sp³-hybridized carbons (Fsp3) is 0.500. The quantitative estimate of drug-likeness (QED) is 0.782. The normalized spacial score (nSPS) is 19.7. The zero-order valence-electron chi connectivity index (χ0n) is 12.8. The average molecular weight is 323 g/mol. The molecule has 2 heterocycles. The van der Waals surface area contributed by atoms with Gasteiger partial charge < -0.3 is 4.90 Å². The molecule has 2 saturated heterocycles. The first-order valence-electron chi connectivity index (χ1n) is 7.80. The van der Waals surface area contributed by atoms with Gasteiger partial charge in [-0.3, -0.25) is 19.4 Å². The van der Waals surface area contributed by atoms with Crippen molar-refractivity contribution in [1.29, 1.82) is 0 Å². The number of amides is 2. The van der Waals surface area contributed by atoms with Gasteiger partial charge >= 0.3 is 0 Å². The van der Waals surface area contributed by atoms with E-state index in [1.807, 2.05) is 4.90 Å². The molecule has 0 atom stereocenters. The van der Waals surface area contributed by atoms with Crippen molar-refractivity contribution in [1.82, 2.24) is 9.80 Å². The number of piperazine rings is 1. The monoisotopic (exact) mass is 323 g/mol. The second-order valence-electron chi connectivity index (χ2n) is 5.86. The van der Waals surface area contributed by atoms with Gasteiger partial charge in [-0.2, -0.15) is 0 Å². The first kappa shape index (κ1) is 15.9. The molecule has 124 valence electrons. The van der Waals surface area contributed by atoms with Gasteiger partial charge in [-0.25, -0.2) is 8.78 Å². The van der Waals surface area contributed by atoms with Gasteiger partial charge in [0.15, 0.2) is 0 Å². The number of carbonyl (C=O) groups excluding carboxylic acids is 2. The molecule has 2 fully saturated rings. The van der Waals surface area contributed by atoms with Gasteiger partial charge in [0.05, 0.1) is 5.69 Å². The molecule has 0 bridgehead atoms. The number of rotatable bonds is 4. The summed E-state index contributed by atoms with van der Waals surface area (Å²) in [5.41, 5.74) is 0.287. The zero-order valence-corrected chi connectivity index (χ0v) is 12.8. The molecule has 0 aliphatic carbocycles. The molecule has 1 aromatic carbocycles. The average Bonchev–Trinajstić information content (AvgIpc) is 2.87. The number of carbonyl (C=O) groups is 2. The van der Waals surface area contributed by atoms with Crippen LogP contribution in [0.2, 0.25) is 0 Å². The molecule has 2 amide bonds. The van der Waals surface area contributed by atoms with E-state index in [2.05, 4.69) is 4.90 Å². The minimum absolute atomic E-state index is 0.101. The van der Waals surface area contributed by atoms with E-state index in [-0.39, 0.29) is 17.5 Å². The molecule has 0 saturated carbocycles. The third-order valence-electron chi connectivity index (χ3n) is 4.42. The summed E-state index contributed by atoms with van der Waals surface area (Å²) < 4.78 is 27.1. The largest absolute Gasteiger partial charge is 0.367 e. The SMILES string of the molecule is O=C1CCC(=O)N1CCN1CCN(c2cc(F)ccc2F)CC1. The van der Waals surface area contributed by atoms with E-state index in [0.717, 1.165) is 12.1 Å². The van der Waals surface area contributed by atoms with Crippen LogP contribution < -0.4 is 4.90 Å². The Hall–Kier alpha value is -2.02. The third-order valence-corrected chi connectivity index (χ3v) is 4.42. The van der Waals surface area contributed by atoms with Crippen LogP contribution in [0.4, 0.5) is 14.5 Å². The standard InChI is InChI=1S/C16H19F2N3O2/c17-12-1-2-13(18)14(11-12)20-8-5-19(6-9-20)7-10-21-15(22)3-4-16(21)23/h1-2,11H,3-10H2. The number of likely N-dealkylation sites (tertiary alicyclic amines) is 1. The summed E-state index contributed by atoms with van der Waals surface area (Å²) in [6.45, 7) is 3.58. The van der Waals surface area contributed by atoms with Gasteiger partial charge in [0.2, 0.25) is 11.8 Å². The van der Waals surface area contributed by atoms with Crippen molar-refractivity contribution in [2.24, 2.45) is 0 Å². The zero-order chi connectivity index (χ0) is 16.4. The summed E-state index contributed by atoms with van der Waals surface area (Å²) in [6.07, 6.45) is 0.622. The molecular weight excluding hydrogens is 304 g/mol. The van der Waals surface area contributed by atoms with Crippen molar-refractivity contribution in [3.05, 3.63) is 29.8 Å². The fourth-order valence-corrected chi connectivity index (χ4v) is 3.05. The van der Waals surface area contributed by atoms with Gasteiger partial charge in [-0.05, 0) is 12.1 Å². The summed E-state index contributed by atoms with van der Waals surface area (Å²) in [6, 6.07) is 3.47. The van der Waals surface area contributed by atoms with Crippen molar-refractivity contribution in [2.45, 2.75) is 12.8 Å². The van der Waals surface area contributed by atoms with Crippen LogP contribution in [0.25, 0.3) is 0 Å². The number of hydrogen-bond donors (Lipinski definition) is 0. The Morgan fingerprint density at radius 3 is 2.22 bits per heavy atom. The number of benzene rings is 1. The topological polar surface area (TPSA) is 43.9 Å². The molecular formula is C16H19F2N3O2. The van der Waals surface area contributed by atoms with Crippen molar-refractivity contribution < 1.29 is 18.4 Å². The molecule has 23 heavy (non-hydrogen) atoms. The molecule has 3 rings (SSSR count). The maximum absolute atomic E-state index is 13.8. The van der Waals surface area contributed by atoms with Crippen molar-refractivity contribution in [3.8, 4) is 0 Å². The number of halogens is 2. The lowest BCUT2D eigenvalue weighted by molar-refractivity contribution is -0.138. The highest BCUT2D eigenvalue weighted by Gasteiger charge is 2.29. The van der Waals surface area contributed by atoms with Crippen molar-refractivity contribution in [3.63, 3.8) is 0 Å². The highest BCUT2D eigenvalue weighted by Crippen LogP contribution is 2.22. The summed E-state index contributed by atoms with van der Waals surface area (Å²) in [5, 5.41) is 0. The highest BCUT2D eigenvalue weighted by atomic mass is 19.1. The third kappa shape index (κ3) is 3.50. The summed E-state index contributed by atoms with van der Waals surface area (Å²) in [4.78, 5) is 28.4. The minimum atomic E-state index is -0.449. The molecule has 7 heteroatoms. The van der Waals surface area contributed by atoms with Crippen molar-refractivity contribution >= 4 is 17.5 Å². The lowest BCUT2D eigenvalue weighted by Gasteiger charge is -2.36. The Balaban J connectivity index is 1.51. The number of hydrogen-bond acceptors (Lipinski definition) is 4. The summed E-state index contributed by atoms with van der Waals surface area (Å²) >= 11 is 0. The lowest BCUT2D eigenvalue weighted by atomic mass is 10.2. The molecule has 2 aliphatic heterocycles. The van der Waals surface area contributed by atoms with Gasteiger partial charge in [0.25, 0.3) is 0 Å². The second kappa shape index (κ2) is 6.62. The van der Waals surface area contributed by atoms with Gasteiger partial charge in [0.1, 0.15) is 11.6 Å². The van der Waals surface area contributed by atoms with E-state index in [4.69, 9.17) is 0 Å². The van der Waals surface area contributed by atoms with Gasteiger partial charge in [0, 0.05) is 58.2 Å². The Morgan fingerprint density at radius 1 is 0.913 bits per heavy atom. The minimum Gasteiger partial charge on any atom is -0.367 e. The Labute approximate surface area is 133 Å². The first-order chi connectivity index (χ1) is 11.0. The van der Waals surface area contributed by atoms with E-state index in [1.54, 1.807) is 0 Å². The second-order valence-corrected chi connectivity index (χ2v) is 5.86. The molecule has 0 spiro atoms. The van der Waals surface area contributed by atoms with Crippen LogP contribution in [0.5, 0.6) is 0 Å². The van der Waals surface area contributed by atoms with Crippen molar-refractivity contribution in [2.75, 3.05) is 44.2 Å². The summed E-state index contributed by atoms with van der Waals surface area (Å²) in [5.74, 6) is -1.08. The van der Waals surface area contributed by atoms with Crippen LogP contribution in [0, 0.1) is 11.6 Å². The van der Waals surface area contributed by atoms with Gasteiger partial charge in [-0.15, -0.1) is 0 Å². The molecule has 1 aromatic rings. The molecule has 0 radical (unpaired) electrons. The number of nitrogens with zero attached hydrogens (tertiary/aromatic N) is 3. The van der Waals surface area contributed by atoms with E-state index < -0.39 is 11.6 Å². The van der Waals surface area contributed by atoms with E-state index in [1.165, 1.54) is 11.0 Å². The van der Waals surface area contributed by atoms with Crippen LogP contribution in [-0.4, -0.2) is 60.9 Å².